The van der Waals surface area contributed by atoms with E-state index in [1.807, 2.05) is 48.0 Å². The third-order valence-corrected chi connectivity index (χ3v) is 5.61. The van der Waals surface area contributed by atoms with Crippen LogP contribution < -0.4 is 10.5 Å². The number of hydrogen-bond donors (Lipinski definition) is 0. The summed E-state index contributed by atoms with van der Waals surface area (Å²) >= 11 is 0. The monoisotopic (exact) mass is 374 g/mol. The molecule has 0 unspecified atom stereocenters. The molecule has 1 aliphatic rings. The van der Waals surface area contributed by atoms with Gasteiger partial charge in [0.05, 0.1) is 16.8 Å². The molecule has 0 atom stereocenters. The van der Waals surface area contributed by atoms with Gasteiger partial charge in [-0.25, -0.2) is 4.79 Å². The zero-order valence-electron chi connectivity index (χ0n) is 16.1. The van der Waals surface area contributed by atoms with Crippen LogP contribution in [0.5, 0.6) is 0 Å². The standard InChI is InChI=1S/C22H22N4O2/c1-15-20-12-17(14-26(20)6-5-23-15)19-11-16-3-4-18(13-21(16)28-22(19)27)25-9-7-24(2)8-10-25/h3-6,11-14H,7-10H2,1-2H3. The fraction of sp³-hybridized carbons (Fsp3) is 0.273. The van der Waals surface area contributed by atoms with Crippen molar-refractivity contribution in [1.29, 1.82) is 0 Å². The van der Waals surface area contributed by atoms with Crippen molar-refractivity contribution in [3.8, 4) is 11.1 Å². The number of likely N-dealkylation sites (N-methyl/N-ethyl adjacent to an activating group) is 1. The Balaban J connectivity index is 1.56. The number of nitrogens with zero attached hydrogens (tertiary/aromatic N) is 4. The molecule has 0 aliphatic carbocycles. The molecule has 1 aliphatic heterocycles. The van der Waals surface area contributed by atoms with Crippen molar-refractivity contribution in [2.45, 2.75) is 6.92 Å². The molecule has 0 radical (unpaired) electrons. The summed E-state index contributed by atoms with van der Waals surface area (Å²) in [5.74, 6) is 0. The Morgan fingerprint density at radius 3 is 2.68 bits per heavy atom. The first-order chi connectivity index (χ1) is 13.6. The smallest absolute Gasteiger partial charge is 0.344 e. The topological polar surface area (TPSA) is 54.0 Å². The van der Waals surface area contributed by atoms with E-state index >= 15 is 0 Å². The van der Waals surface area contributed by atoms with Gasteiger partial charge < -0.3 is 18.6 Å². The van der Waals surface area contributed by atoms with Gasteiger partial charge in [-0.15, -0.1) is 0 Å². The van der Waals surface area contributed by atoms with E-state index in [-0.39, 0.29) is 5.63 Å². The number of aryl methyl sites for hydroxylation is 1. The average molecular weight is 374 g/mol. The molecule has 28 heavy (non-hydrogen) atoms. The van der Waals surface area contributed by atoms with Crippen LogP contribution in [-0.2, 0) is 0 Å². The van der Waals surface area contributed by atoms with E-state index in [0.717, 1.165) is 54.0 Å². The Hall–Kier alpha value is -3.12. The van der Waals surface area contributed by atoms with Crippen molar-refractivity contribution >= 4 is 22.2 Å². The van der Waals surface area contributed by atoms with Crippen molar-refractivity contribution in [3.63, 3.8) is 0 Å². The van der Waals surface area contributed by atoms with E-state index < -0.39 is 0 Å². The molecule has 5 rings (SSSR count). The molecule has 0 bridgehead atoms. The second kappa shape index (κ2) is 6.49. The molecule has 1 saturated heterocycles. The molecule has 3 aromatic heterocycles. The van der Waals surface area contributed by atoms with Crippen LogP contribution in [0.25, 0.3) is 27.6 Å². The fourth-order valence-corrected chi connectivity index (χ4v) is 3.89. The van der Waals surface area contributed by atoms with E-state index in [9.17, 15) is 4.79 Å². The summed E-state index contributed by atoms with van der Waals surface area (Å²) in [6.45, 7) is 6.00. The molecule has 142 valence electrons. The fourth-order valence-electron chi connectivity index (χ4n) is 3.89. The summed E-state index contributed by atoms with van der Waals surface area (Å²) in [5, 5.41) is 0.928. The van der Waals surface area contributed by atoms with Gasteiger partial charge in [0.25, 0.3) is 0 Å². The quantitative estimate of drug-likeness (QED) is 0.505. The molecule has 0 amide bonds. The van der Waals surface area contributed by atoms with E-state index in [4.69, 9.17) is 4.42 Å². The molecule has 4 heterocycles. The highest BCUT2D eigenvalue weighted by molar-refractivity contribution is 5.85. The maximum absolute atomic E-state index is 12.7. The minimum absolute atomic E-state index is 0.315. The van der Waals surface area contributed by atoms with Crippen LogP contribution in [0.2, 0.25) is 0 Å². The average Bonchev–Trinajstić information content (AvgIpc) is 3.13. The highest BCUT2D eigenvalue weighted by atomic mass is 16.4. The number of fused-ring (bicyclic) bond motifs is 2. The predicted molar refractivity (Wildman–Crippen MR) is 111 cm³/mol. The molecule has 6 nitrogen and oxygen atoms in total. The van der Waals surface area contributed by atoms with Gasteiger partial charge in [-0.05, 0) is 38.2 Å². The van der Waals surface area contributed by atoms with E-state index in [1.165, 1.54) is 0 Å². The Bertz CT molecular complexity index is 1230. The molecule has 0 saturated carbocycles. The Labute approximate surface area is 162 Å². The van der Waals surface area contributed by atoms with Gasteiger partial charge in [-0.2, -0.15) is 0 Å². The Kier molecular flexibility index (Phi) is 3.94. The molecule has 0 N–H and O–H groups in total. The minimum atomic E-state index is -0.315. The maximum Gasteiger partial charge on any atom is 0.344 e. The SMILES string of the molecule is Cc1nccn2cc(-c3cc4ccc(N5CCN(C)CC5)cc4oc3=O)cc12. The molecular formula is C22H22N4O2. The van der Waals surface area contributed by atoms with Crippen LogP contribution in [0, 0.1) is 6.92 Å². The van der Waals surface area contributed by atoms with Crippen LogP contribution >= 0.6 is 0 Å². The summed E-state index contributed by atoms with van der Waals surface area (Å²) in [7, 11) is 2.14. The van der Waals surface area contributed by atoms with Crippen molar-refractivity contribution in [1.82, 2.24) is 14.3 Å². The second-order valence-electron chi connectivity index (χ2n) is 7.49. The van der Waals surface area contributed by atoms with Gasteiger partial charge in [-0.3, -0.25) is 4.98 Å². The van der Waals surface area contributed by atoms with E-state index in [1.54, 1.807) is 6.20 Å². The molecule has 4 aromatic rings. The highest BCUT2D eigenvalue weighted by Crippen LogP contribution is 2.27. The molecule has 6 heteroatoms. The lowest BCUT2D eigenvalue weighted by Gasteiger charge is -2.34. The summed E-state index contributed by atoms with van der Waals surface area (Å²) < 4.78 is 7.69. The van der Waals surface area contributed by atoms with Gasteiger partial charge in [0.2, 0.25) is 0 Å². The van der Waals surface area contributed by atoms with Crippen LogP contribution in [-0.4, -0.2) is 47.5 Å². The van der Waals surface area contributed by atoms with Gasteiger partial charge in [0.1, 0.15) is 5.58 Å². The van der Waals surface area contributed by atoms with Crippen molar-refractivity contribution in [3.05, 3.63) is 65.0 Å². The number of rotatable bonds is 2. The number of benzene rings is 1. The summed E-state index contributed by atoms with van der Waals surface area (Å²) in [6.07, 6.45) is 5.59. The first-order valence-corrected chi connectivity index (χ1v) is 9.53. The highest BCUT2D eigenvalue weighted by Gasteiger charge is 2.16. The molecule has 1 aromatic carbocycles. The normalized spacial score (nSPS) is 15.6. The van der Waals surface area contributed by atoms with Crippen LogP contribution in [0.4, 0.5) is 5.69 Å². The van der Waals surface area contributed by atoms with Gasteiger partial charge >= 0.3 is 5.63 Å². The third kappa shape index (κ3) is 2.86. The van der Waals surface area contributed by atoms with Crippen molar-refractivity contribution in [2.24, 2.45) is 0 Å². The zero-order valence-corrected chi connectivity index (χ0v) is 16.1. The van der Waals surface area contributed by atoms with Gasteiger partial charge in [0.15, 0.2) is 0 Å². The minimum Gasteiger partial charge on any atom is -0.422 e. The van der Waals surface area contributed by atoms with Crippen LogP contribution in [0.3, 0.4) is 0 Å². The largest absolute Gasteiger partial charge is 0.422 e. The van der Waals surface area contributed by atoms with E-state index in [0.29, 0.717) is 11.1 Å². The number of anilines is 1. The Morgan fingerprint density at radius 2 is 1.89 bits per heavy atom. The lowest BCUT2D eigenvalue weighted by atomic mass is 10.1. The summed E-state index contributed by atoms with van der Waals surface area (Å²) in [4.78, 5) is 21.7. The third-order valence-electron chi connectivity index (χ3n) is 5.61. The predicted octanol–water partition coefficient (Wildman–Crippen LogP) is 3.17. The second-order valence-corrected chi connectivity index (χ2v) is 7.49. The molecule has 0 spiro atoms. The zero-order chi connectivity index (χ0) is 19.3. The lowest BCUT2D eigenvalue weighted by Crippen LogP contribution is -2.44. The Morgan fingerprint density at radius 1 is 1.07 bits per heavy atom. The lowest BCUT2D eigenvalue weighted by molar-refractivity contribution is 0.313. The molecular weight excluding hydrogens is 352 g/mol. The van der Waals surface area contributed by atoms with Crippen LogP contribution in [0.1, 0.15) is 5.69 Å². The number of aromatic nitrogens is 2. The first-order valence-electron chi connectivity index (χ1n) is 9.53. The summed E-state index contributed by atoms with van der Waals surface area (Å²) in [5.41, 5.74) is 4.75. The van der Waals surface area contributed by atoms with Crippen LogP contribution in [0.15, 0.2) is 58.1 Å². The van der Waals surface area contributed by atoms with Crippen molar-refractivity contribution < 1.29 is 4.42 Å². The summed E-state index contributed by atoms with van der Waals surface area (Å²) in [6, 6.07) is 10.0. The van der Waals surface area contributed by atoms with Gasteiger partial charge in [0, 0.05) is 67.5 Å². The van der Waals surface area contributed by atoms with Crippen molar-refractivity contribution in [2.75, 3.05) is 38.1 Å². The first kappa shape index (κ1) is 17.0. The number of hydrogen-bond acceptors (Lipinski definition) is 5. The van der Waals surface area contributed by atoms with E-state index in [2.05, 4.69) is 27.9 Å². The molecule has 1 fully saturated rings. The van der Waals surface area contributed by atoms with Gasteiger partial charge in [-0.1, -0.05) is 0 Å². The number of piperazine rings is 1. The maximum atomic E-state index is 12.7.